The Balaban J connectivity index is 2.39. The van der Waals surface area contributed by atoms with Crippen molar-refractivity contribution < 1.29 is 24.5 Å². The molecular formula is C12H22N2O5. The molecule has 7 nitrogen and oxygen atoms in total. The van der Waals surface area contributed by atoms with Gasteiger partial charge in [-0.25, -0.2) is 9.59 Å². The van der Waals surface area contributed by atoms with Crippen molar-refractivity contribution >= 4 is 12.0 Å². The van der Waals surface area contributed by atoms with Gasteiger partial charge >= 0.3 is 12.0 Å². The summed E-state index contributed by atoms with van der Waals surface area (Å²) in [4.78, 5) is 24.2. The van der Waals surface area contributed by atoms with Crippen molar-refractivity contribution in [3.05, 3.63) is 0 Å². The number of carboxylic acids is 1. The quantitative estimate of drug-likeness (QED) is 0.627. The minimum Gasteiger partial charge on any atom is -0.480 e. The van der Waals surface area contributed by atoms with Crippen LogP contribution in [0.3, 0.4) is 0 Å². The van der Waals surface area contributed by atoms with E-state index in [1.807, 2.05) is 0 Å². The molecule has 0 aliphatic carbocycles. The molecule has 0 aromatic rings. The number of aliphatic carboxylic acids is 1. The number of amides is 2. The zero-order valence-corrected chi connectivity index (χ0v) is 11.2. The molecule has 1 saturated heterocycles. The fourth-order valence-corrected chi connectivity index (χ4v) is 2.04. The summed E-state index contributed by atoms with van der Waals surface area (Å²) in [6.45, 7) is 1.73. The van der Waals surface area contributed by atoms with Crippen molar-refractivity contribution in [2.75, 3.05) is 33.4 Å². The van der Waals surface area contributed by atoms with Crippen LogP contribution < -0.4 is 5.32 Å². The van der Waals surface area contributed by atoms with Crippen LogP contribution in [0.2, 0.25) is 0 Å². The van der Waals surface area contributed by atoms with Crippen molar-refractivity contribution in [3.8, 4) is 0 Å². The Labute approximate surface area is 112 Å². The molecule has 7 heteroatoms. The number of ether oxygens (including phenoxy) is 1. The predicted octanol–water partition coefficient (Wildman–Crippen LogP) is -0.110. The van der Waals surface area contributed by atoms with Crippen molar-refractivity contribution in [3.63, 3.8) is 0 Å². The molecule has 1 unspecified atom stereocenters. The molecule has 0 saturated carbocycles. The zero-order valence-electron chi connectivity index (χ0n) is 11.2. The first-order chi connectivity index (χ1) is 9.04. The average molecular weight is 274 g/mol. The van der Waals surface area contributed by atoms with Gasteiger partial charge in [0.15, 0.2) is 0 Å². The first kappa shape index (κ1) is 15.7. The predicted molar refractivity (Wildman–Crippen MR) is 67.8 cm³/mol. The number of rotatable bonds is 6. The Morgan fingerprint density at radius 3 is 2.58 bits per heavy atom. The van der Waals surface area contributed by atoms with Crippen molar-refractivity contribution in [2.24, 2.45) is 5.92 Å². The lowest BCUT2D eigenvalue weighted by atomic mass is 10.00. The maximum absolute atomic E-state index is 11.8. The second-order valence-corrected chi connectivity index (χ2v) is 4.79. The molecule has 19 heavy (non-hydrogen) atoms. The second-order valence-electron chi connectivity index (χ2n) is 4.79. The summed E-state index contributed by atoms with van der Waals surface area (Å²) in [6, 6.07) is -1.47. The number of carbonyl (C=O) groups is 2. The number of urea groups is 1. The maximum Gasteiger partial charge on any atom is 0.326 e. The number of nitrogens with one attached hydrogen (secondary N) is 1. The highest BCUT2D eigenvalue weighted by Crippen LogP contribution is 2.15. The molecule has 1 atom stereocenters. The minimum atomic E-state index is -1.14. The molecule has 1 rings (SSSR count). The summed E-state index contributed by atoms with van der Waals surface area (Å²) in [5.74, 6) is -0.743. The molecule has 1 heterocycles. The third kappa shape index (κ3) is 5.44. The van der Waals surface area contributed by atoms with Crippen molar-refractivity contribution in [1.82, 2.24) is 10.2 Å². The first-order valence-corrected chi connectivity index (χ1v) is 6.47. The average Bonchev–Trinajstić information content (AvgIpc) is 2.39. The van der Waals surface area contributed by atoms with Gasteiger partial charge in [-0.15, -0.1) is 0 Å². The van der Waals surface area contributed by atoms with Crippen LogP contribution in [0.1, 0.15) is 19.3 Å². The highest BCUT2D eigenvalue weighted by molar-refractivity contribution is 5.82. The van der Waals surface area contributed by atoms with E-state index in [9.17, 15) is 9.59 Å². The van der Waals surface area contributed by atoms with E-state index < -0.39 is 18.0 Å². The van der Waals surface area contributed by atoms with Crippen molar-refractivity contribution in [2.45, 2.75) is 25.3 Å². The molecule has 0 bridgehead atoms. The topological polar surface area (TPSA) is 99.1 Å². The number of nitrogens with zero attached hydrogens (tertiary/aromatic N) is 1. The van der Waals surface area contributed by atoms with Gasteiger partial charge in [-0.2, -0.15) is 0 Å². The molecule has 1 aliphatic heterocycles. The Kier molecular flexibility index (Phi) is 6.58. The Morgan fingerprint density at radius 1 is 1.42 bits per heavy atom. The van der Waals surface area contributed by atoms with Gasteiger partial charge in [0.1, 0.15) is 6.04 Å². The molecule has 0 aromatic carbocycles. The standard InChI is InChI=1S/C12H22N2O5/c1-14(8-9-3-6-19-7-4-9)12(18)13-10(2-5-15)11(16)17/h9-10,15H,2-8H2,1H3,(H,13,18)(H,16,17). The van der Waals surface area contributed by atoms with E-state index in [0.717, 1.165) is 12.8 Å². The van der Waals surface area contributed by atoms with Crippen LogP contribution in [0.25, 0.3) is 0 Å². The number of aliphatic hydroxyl groups excluding tert-OH is 1. The summed E-state index contributed by atoms with van der Waals surface area (Å²) in [6.07, 6.45) is 1.83. The Morgan fingerprint density at radius 2 is 2.05 bits per heavy atom. The summed E-state index contributed by atoms with van der Waals surface area (Å²) in [5.41, 5.74) is 0. The molecule has 3 N–H and O–H groups in total. The van der Waals surface area contributed by atoms with Gasteiger partial charge in [-0.1, -0.05) is 0 Å². The summed E-state index contributed by atoms with van der Waals surface area (Å²) in [7, 11) is 1.64. The van der Waals surface area contributed by atoms with Crippen LogP contribution in [-0.2, 0) is 9.53 Å². The summed E-state index contributed by atoms with van der Waals surface area (Å²) in [5, 5.41) is 20.1. The van der Waals surface area contributed by atoms with Crippen LogP contribution in [0, 0.1) is 5.92 Å². The van der Waals surface area contributed by atoms with Crippen LogP contribution >= 0.6 is 0 Å². The monoisotopic (exact) mass is 274 g/mol. The maximum atomic E-state index is 11.8. The molecule has 0 radical (unpaired) electrons. The van der Waals surface area contributed by atoms with Gasteiger partial charge in [-0.3, -0.25) is 0 Å². The van der Waals surface area contributed by atoms with Gasteiger partial charge in [0.05, 0.1) is 0 Å². The third-order valence-electron chi connectivity index (χ3n) is 3.23. The molecule has 0 aromatic heterocycles. The van der Waals surface area contributed by atoms with E-state index in [1.54, 1.807) is 7.05 Å². The SMILES string of the molecule is CN(CC1CCOCC1)C(=O)NC(CCO)C(=O)O. The number of carboxylic acid groups (broad SMARTS) is 1. The van der Waals surface area contributed by atoms with E-state index in [0.29, 0.717) is 25.7 Å². The fraction of sp³-hybridized carbons (Fsp3) is 0.833. The molecule has 1 fully saturated rings. The Hall–Kier alpha value is -1.34. The largest absolute Gasteiger partial charge is 0.480 e. The number of hydrogen-bond donors (Lipinski definition) is 3. The van der Waals surface area contributed by atoms with Gasteiger partial charge < -0.3 is 25.2 Å². The van der Waals surface area contributed by atoms with Crippen LogP contribution in [0.15, 0.2) is 0 Å². The number of aliphatic hydroxyl groups is 1. The van der Waals surface area contributed by atoms with Crippen molar-refractivity contribution in [1.29, 1.82) is 0 Å². The normalized spacial score (nSPS) is 17.8. The lowest BCUT2D eigenvalue weighted by molar-refractivity contribution is -0.139. The van der Waals surface area contributed by atoms with E-state index >= 15 is 0 Å². The fourth-order valence-electron chi connectivity index (χ4n) is 2.04. The van der Waals surface area contributed by atoms with E-state index in [1.165, 1.54) is 4.90 Å². The van der Waals surface area contributed by atoms with Gasteiger partial charge in [-0.05, 0) is 18.8 Å². The molecule has 2 amide bonds. The van der Waals surface area contributed by atoms with Gasteiger partial charge in [0.25, 0.3) is 0 Å². The lowest BCUT2D eigenvalue weighted by Crippen LogP contribution is -2.48. The minimum absolute atomic E-state index is 0.00613. The van der Waals surface area contributed by atoms with Crippen LogP contribution in [-0.4, -0.2) is 66.6 Å². The second kappa shape index (κ2) is 7.96. The van der Waals surface area contributed by atoms with E-state index in [2.05, 4.69) is 5.32 Å². The first-order valence-electron chi connectivity index (χ1n) is 6.47. The molecule has 110 valence electrons. The highest BCUT2D eigenvalue weighted by Gasteiger charge is 2.23. The van der Waals surface area contributed by atoms with E-state index in [4.69, 9.17) is 14.9 Å². The Bertz CT molecular complexity index is 304. The molecule has 0 spiro atoms. The van der Waals surface area contributed by atoms with Gasteiger partial charge in [0.2, 0.25) is 0 Å². The number of hydrogen-bond acceptors (Lipinski definition) is 4. The lowest BCUT2D eigenvalue weighted by Gasteiger charge is -2.28. The van der Waals surface area contributed by atoms with Crippen LogP contribution in [0.4, 0.5) is 4.79 Å². The highest BCUT2D eigenvalue weighted by atomic mass is 16.5. The molecular weight excluding hydrogens is 252 g/mol. The van der Waals surface area contributed by atoms with Gasteiger partial charge in [0, 0.05) is 39.8 Å². The third-order valence-corrected chi connectivity index (χ3v) is 3.23. The molecule has 1 aliphatic rings. The summed E-state index contributed by atoms with van der Waals surface area (Å²) >= 11 is 0. The zero-order chi connectivity index (χ0) is 14.3. The smallest absolute Gasteiger partial charge is 0.326 e. The van der Waals surface area contributed by atoms with E-state index in [-0.39, 0.29) is 13.0 Å². The number of carbonyl (C=O) groups excluding carboxylic acids is 1. The summed E-state index contributed by atoms with van der Waals surface area (Å²) < 4.78 is 5.25. The van der Waals surface area contributed by atoms with Crippen LogP contribution in [0.5, 0.6) is 0 Å².